The first-order valence-corrected chi connectivity index (χ1v) is 10.7. The van der Waals surface area contributed by atoms with Gasteiger partial charge < -0.3 is 5.32 Å². The van der Waals surface area contributed by atoms with Crippen molar-refractivity contribution in [2.45, 2.75) is 19.9 Å². The number of hydrogen-bond acceptors (Lipinski definition) is 5. The molecule has 0 aliphatic carbocycles. The largest absolute Gasteiger partial charge is 0.351 e. The van der Waals surface area contributed by atoms with Gasteiger partial charge in [-0.25, -0.2) is 14.4 Å². The van der Waals surface area contributed by atoms with E-state index in [-0.39, 0.29) is 18.1 Å². The van der Waals surface area contributed by atoms with Gasteiger partial charge in [0, 0.05) is 40.1 Å². The van der Waals surface area contributed by atoms with Crippen LogP contribution in [0.2, 0.25) is 0 Å². The number of thiazole rings is 2. The average molecular weight is 426 g/mol. The Morgan fingerprint density at radius 3 is 2.76 bits per heavy atom. The highest BCUT2D eigenvalue weighted by atomic mass is 32.1. The van der Waals surface area contributed by atoms with Crippen LogP contribution in [0.25, 0.3) is 21.2 Å². The Bertz CT molecular complexity index is 1300. The smallest absolute Gasteiger partial charge is 0.226 e. The van der Waals surface area contributed by atoms with E-state index in [4.69, 9.17) is 0 Å². The molecule has 9 heteroatoms. The van der Waals surface area contributed by atoms with Crippen LogP contribution in [0, 0.1) is 12.7 Å². The number of imidazole rings is 2. The zero-order valence-electron chi connectivity index (χ0n) is 15.4. The van der Waals surface area contributed by atoms with E-state index in [1.165, 1.54) is 12.1 Å². The normalized spacial score (nSPS) is 11.5. The van der Waals surface area contributed by atoms with Gasteiger partial charge in [0.05, 0.1) is 24.4 Å². The molecular weight excluding hydrogens is 409 g/mol. The zero-order chi connectivity index (χ0) is 20.0. The minimum absolute atomic E-state index is 0.0619. The van der Waals surface area contributed by atoms with E-state index >= 15 is 0 Å². The molecule has 1 N–H and O–H groups in total. The van der Waals surface area contributed by atoms with Crippen molar-refractivity contribution in [3.63, 3.8) is 0 Å². The Balaban J connectivity index is 1.28. The number of carbonyl (C=O) groups excluding carboxylic acids is 1. The Labute approximate surface area is 173 Å². The highest BCUT2D eigenvalue weighted by Crippen LogP contribution is 2.27. The molecule has 0 saturated heterocycles. The predicted molar refractivity (Wildman–Crippen MR) is 112 cm³/mol. The van der Waals surface area contributed by atoms with Crippen molar-refractivity contribution in [3.8, 4) is 11.3 Å². The van der Waals surface area contributed by atoms with E-state index in [2.05, 4.69) is 15.3 Å². The molecule has 5 aromatic rings. The molecule has 1 aromatic carbocycles. The summed E-state index contributed by atoms with van der Waals surface area (Å²) in [4.78, 5) is 24.2. The molecule has 0 radical (unpaired) electrons. The first-order chi connectivity index (χ1) is 14.1. The van der Waals surface area contributed by atoms with Gasteiger partial charge in [0.25, 0.3) is 0 Å². The summed E-state index contributed by atoms with van der Waals surface area (Å²) in [6.45, 7) is 2.46. The molecule has 6 nitrogen and oxygen atoms in total. The van der Waals surface area contributed by atoms with Crippen LogP contribution in [0.3, 0.4) is 0 Å². The van der Waals surface area contributed by atoms with E-state index in [1.807, 2.05) is 39.7 Å². The highest BCUT2D eigenvalue weighted by Gasteiger charge is 2.14. The molecule has 4 aromatic heterocycles. The Kier molecular flexibility index (Phi) is 4.40. The number of fused-ring (bicyclic) bond motifs is 2. The van der Waals surface area contributed by atoms with Crippen molar-refractivity contribution >= 4 is 38.5 Å². The highest BCUT2D eigenvalue weighted by molar-refractivity contribution is 7.17. The number of amides is 1. The fraction of sp³-hybridized carbons (Fsp3) is 0.150. The van der Waals surface area contributed by atoms with Crippen LogP contribution in [-0.4, -0.2) is 24.7 Å². The summed E-state index contributed by atoms with van der Waals surface area (Å²) in [5.41, 5.74) is 3.47. The molecule has 0 bridgehead atoms. The monoisotopic (exact) mass is 425 g/mol. The summed E-state index contributed by atoms with van der Waals surface area (Å²) in [7, 11) is 0. The van der Waals surface area contributed by atoms with E-state index < -0.39 is 0 Å². The number of nitrogens with zero attached hydrogens (tertiary/aromatic N) is 4. The lowest BCUT2D eigenvalue weighted by Crippen LogP contribution is -2.24. The maximum absolute atomic E-state index is 13.1. The van der Waals surface area contributed by atoms with Crippen LogP contribution in [-0.2, 0) is 17.8 Å². The van der Waals surface area contributed by atoms with E-state index in [1.54, 1.807) is 34.8 Å². The molecule has 0 saturated carbocycles. The molecule has 29 heavy (non-hydrogen) atoms. The number of aryl methyl sites for hydroxylation is 1. The second-order valence-electron chi connectivity index (χ2n) is 6.67. The third kappa shape index (κ3) is 3.43. The molecule has 146 valence electrons. The number of halogens is 1. The Morgan fingerprint density at radius 1 is 1.17 bits per heavy atom. The third-order valence-corrected chi connectivity index (χ3v) is 6.65. The summed E-state index contributed by atoms with van der Waals surface area (Å²) in [5.74, 6) is -0.326. The number of carbonyl (C=O) groups is 1. The molecule has 0 spiro atoms. The van der Waals surface area contributed by atoms with Gasteiger partial charge in [-0.05, 0) is 31.2 Å². The van der Waals surface area contributed by atoms with Gasteiger partial charge in [0.15, 0.2) is 9.92 Å². The molecule has 0 atom stereocenters. The molecule has 5 rings (SSSR count). The van der Waals surface area contributed by atoms with Crippen molar-refractivity contribution in [1.29, 1.82) is 0 Å². The van der Waals surface area contributed by atoms with Crippen LogP contribution < -0.4 is 5.32 Å². The quantitative estimate of drug-likeness (QED) is 0.462. The molecule has 1 amide bonds. The zero-order valence-corrected chi connectivity index (χ0v) is 17.1. The van der Waals surface area contributed by atoms with Gasteiger partial charge in [-0.2, -0.15) is 0 Å². The van der Waals surface area contributed by atoms with Crippen LogP contribution in [0.4, 0.5) is 4.39 Å². The Morgan fingerprint density at radius 2 is 2.00 bits per heavy atom. The van der Waals surface area contributed by atoms with Gasteiger partial charge in [-0.3, -0.25) is 13.6 Å². The van der Waals surface area contributed by atoms with Gasteiger partial charge in [-0.1, -0.05) is 11.3 Å². The van der Waals surface area contributed by atoms with Gasteiger partial charge in [0.2, 0.25) is 5.91 Å². The van der Waals surface area contributed by atoms with E-state index in [0.717, 1.165) is 37.4 Å². The maximum Gasteiger partial charge on any atom is 0.226 e. The van der Waals surface area contributed by atoms with E-state index in [0.29, 0.717) is 6.54 Å². The van der Waals surface area contributed by atoms with Crippen molar-refractivity contribution in [1.82, 2.24) is 24.1 Å². The summed E-state index contributed by atoms with van der Waals surface area (Å²) >= 11 is 3.09. The van der Waals surface area contributed by atoms with Crippen molar-refractivity contribution in [3.05, 3.63) is 70.3 Å². The maximum atomic E-state index is 13.1. The minimum Gasteiger partial charge on any atom is -0.351 e. The second-order valence-corrected chi connectivity index (χ2v) is 8.61. The topological polar surface area (TPSA) is 63.7 Å². The van der Waals surface area contributed by atoms with Crippen LogP contribution >= 0.6 is 22.7 Å². The number of rotatable bonds is 5. The molecule has 0 aliphatic rings. The lowest BCUT2D eigenvalue weighted by molar-refractivity contribution is -0.120. The molecule has 4 heterocycles. The number of benzene rings is 1. The van der Waals surface area contributed by atoms with Crippen LogP contribution in [0.1, 0.15) is 16.3 Å². The summed E-state index contributed by atoms with van der Waals surface area (Å²) < 4.78 is 17.1. The van der Waals surface area contributed by atoms with E-state index in [9.17, 15) is 9.18 Å². The van der Waals surface area contributed by atoms with Crippen LogP contribution in [0.5, 0.6) is 0 Å². The number of hydrogen-bond donors (Lipinski definition) is 1. The average Bonchev–Trinajstić information content (AvgIpc) is 3.43. The fourth-order valence-electron chi connectivity index (χ4n) is 3.18. The van der Waals surface area contributed by atoms with Crippen molar-refractivity contribution < 1.29 is 9.18 Å². The lowest BCUT2D eigenvalue weighted by Gasteiger charge is -2.03. The molecule has 0 fully saturated rings. The molecule has 0 unspecified atom stereocenters. The second kappa shape index (κ2) is 7.09. The minimum atomic E-state index is -0.264. The molecular formula is C20H16FN5OS2. The molecule has 0 aliphatic heterocycles. The summed E-state index contributed by atoms with van der Waals surface area (Å²) in [6.07, 6.45) is 6.01. The van der Waals surface area contributed by atoms with Crippen LogP contribution in [0.15, 0.2) is 48.2 Å². The summed E-state index contributed by atoms with van der Waals surface area (Å²) in [5, 5.41) is 4.93. The van der Waals surface area contributed by atoms with Crippen molar-refractivity contribution in [2.75, 3.05) is 0 Å². The van der Waals surface area contributed by atoms with Gasteiger partial charge in [0.1, 0.15) is 5.82 Å². The fourth-order valence-corrected chi connectivity index (χ4v) is 4.95. The summed E-state index contributed by atoms with van der Waals surface area (Å²) in [6, 6.07) is 6.30. The van der Waals surface area contributed by atoms with Crippen molar-refractivity contribution in [2.24, 2.45) is 0 Å². The van der Waals surface area contributed by atoms with Gasteiger partial charge in [-0.15, -0.1) is 11.3 Å². The number of nitrogens with one attached hydrogen (secondary N) is 1. The number of aromatic nitrogens is 4. The lowest BCUT2D eigenvalue weighted by atomic mass is 10.2. The third-order valence-electron chi connectivity index (χ3n) is 4.72. The van der Waals surface area contributed by atoms with Gasteiger partial charge >= 0.3 is 0 Å². The first kappa shape index (κ1) is 18.0. The Hall–Kier alpha value is -3.04. The standard InChI is InChI=1S/C20H16FN5OS2/c1-12-17(9-22-18(27)8-15-10-25-6-7-28-19(25)23-15)29-20-24-16(11-26(12)20)13-2-4-14(21)5-3-13/h2-7,10-11H,8-9H2,1H3,(H,22,27). The SMILES string of the molecule is Cc1c(CNC(=O)Cc2cn3ccsc3n2)sc2nc(-c3ccc(F)cc3)cn12. The predicted octanol–water partition coefficient (Wildman–Crippen LogP) is 4.08. The first-order valence-electron chi connectivity index (χ1n) is 8.98.